The fraction of sp³-hybridized carbons (Fsp3) is 0.200. The first kappa shape index (κ1) is 9.10. The minimum Gasteiger partial charge on any atom is -0.612 e. The van der Waals surface area contributed by atoms with Crippen LogP contribution >= 0.6 is 0 Å². The molecule has 1 aliphatic heterocycles. The van der Waals surface area contributed by atoms with Crippen molar-refractivity contribution in [3.8, 4) is 0 Å². The van der Waals surface area contributed by atoms with E-state index in [-0.39, 0.29) is 0 Å². The molecule has 1 unspecified atom stereocenters. The molecular formula is C5H7N3OS. The smallest absolute Gasteiger partial charge is 0.129 e. The van der Waals surface area contributed by atoms with Gasteiger partial charge in [-0.05, 0) is 33.8 Å². The lowest BCUT2D eigenvalue weighted by atomic mass is 10.5. The highest BCUT2D eigenvalue weighted by Gasteiger charge is 1.97. The van der Waals surface area contributed by atoms with Gasteiger partial charge in [-0.1, -0.05) is 6.08 Å². The lowest BCUT2D eigenvalue weighted by molar-refractivity contribution is 0.606. The van der Waals surface area contributed by atoms with E-state index in [4.69, 9.17) is 11.1 Å². The third-order valence-corrected chi connectivity index (χ3v) is 1.72. The fourth-order valence-electron chi connectivity index (χ4n) is 0.418. The maximum absolute atomic E-state index is 10.4. The molecule has 0 amide bonds. The SMILES string of the molecule is [N-]=[N+]=N.[O-][S+]1C=CC=CC1. The first-order chi connectivity index (χ1) is 4.81. The summed E-state index contributed by atoms with van der Waals surface area (Å²) < 4.78 is 10.4. The monoisotopic (exact) mass is 157 g/mol. The van der Waals surface area contributed by atoms with Gasteiger partial charge in [0.05, 0.1) is 0 Å². The molecular weight excluding hydrogens is 150 g/mol. The zero-order valence-corrected chi connectivity index (χ0v) is 6.04. The van der Waals surface area contributed by atoms with Gasteiger partial charge in [0.15, 0.2) is 0 Å². The largest absolute Gasteiger partial charge is 0.612 e. The summed E-state index contributed by atoms with van der Waals surface area (Å²) in [6.45, 7) is 0. The van der Waals surface area contributed by atoms with E-state index < -0.39 is 11.2 Å². The van der Waals surface area contributed by atoms with Gasteiger partial charge in [0.25, 0.3) is 0 Å². The predicted octanol–water partition coefficient (Wildman–Crippen LogP) is 1.69. The van der Waals surface area contributed by atoms with Crippen LogP contribution in [0.5, 0.6) is 0 Å². The molecule has 0 aliphatic carbocycles. The molecule has 0 fully saturated rings. The van der Waals surface area contributed by atoms with Gasteiger partial charge in [0, 0.05) is 0 Å². The molecule has 10 heavy (non-hydrogen) atoms. The molecule has 4 nitrogen and oxygen atoms in total. The Morgan fingerprint density at radius 2 is 2.20 bits per heavy atom. The van der Waals surface area contributed by atoms with Crippen molar-refractivity contribution >= 4 is 11.2 Å². The van der Waals surface area contributed by atoms with Crippen molar-refractivity contribution in [2.24, 2.45) is 0 Å². The van der Waals surface area contributed by atoms with E-state index in [9.17, 15) is 4.55 Å². The lowest BCUT2D eigenvalue weighted by Crippen LogP contribution is -2.00. The van der Waals surface area contributed by atoms with Crippen LogP contribution in [0.1, 0.15) is 0 Å². The highest BCUT2D eigenvalue weighted by Crippen LogP contribution is 1.98. The Morgan fingerprint density at radius 1 is 1.60 bits per heavy atom. The molecule has 1 N–H and O–H groups in total. The van der Waals surface area contributed by atoms with Crippen LogP contribution in [0, 0.1) is 5.53 Å². The number of hydrogen-bond acceptors (Lipinski definition) is 2. The number of rotatable bonds is 0. The fourth-order valence-corrected chi connectivity index (χ4v) is 1.10. The van der Waals surface area contributed by atoms with Crippen LogP contribution in [-0.4, -0.2) is 10.3 Å². The quantitative estimate of drug-likeness (QED) is 0.247. The highest BCUT2D eigenvalue weighted by molar-refractivity contribution is 7.94. The zero-order chi connectivity index (χ0) is 7.82. The third-order valence-electron chi connectivity index (χ3n) is 0.738. The third kappa shape index (κ3) is 5.24. The molecule has 0 bridgehead atoms. The maximum Gasteiger partial charge on any atom is 0.129 e. The van der Waals surface area contributed by atoms with Crippen LogP contribution in [-0.2, 0) is 11.2 Å². The van der Waals surface area contributed by atoms with E-state index in [1.165, 1.54) is 0 Å². The Kier molecular flexibility index (Phi) is 5.66. The molecule has 0 aromatic carbocycles. The lowest BCUT2D eigenvalue weighted by Gasteiger charge is -2.02. The summed E-state index contributed by atoms with van der Waals surface area (Å²) in [5.41, 5.74) is 12.2. The second kappa shape index (κ2) is 6.22. The Labute approximate surface area is 61.8 Å². The van der Waals surface area contributed by atoms with Crippen molar-refractivity contribution in [2.75, 3.05) is 5.75 Å². The molecule has 0 aromatic rings. The normalized spacial score (nSPS) is 20.7. The first-order valence-corrected chi connectivity index (χ1v) is 3.90. The van der Waals surface area contributed by atoms with Gasteiger partial charge >= 0.3 is 0 Å². The van der Waals surface area contributed by atoms with Crippen LogP contribution in [0.25, 0.3) is 10.4 Å². The van der Waals surface area contributed by atoms with Gasteiger partial charge in [-0.25, -0.2) is 0 Å². The van der Waals surface area contributed by atoms with Crippen molar-refractivity contribution in [1.82, 2.24) is 0 Å². The minimum absolute atomic E-state index is 0.691. The average molecular weight is 157 g/mol. The summed E-state index contributed by atoms with van der Waals surface area (Å²) in [7, 11) is 0. The summed E-state index contributed by atoms with van der Waals surface area (Å²) in [6, 6.07) is 0. The molecule has 0 saturated carbocycles. The van der Waals surface area contributed by atoms with E-state index in [2.05, 4.69) is 0 Å². The minimum atomic E-state index is -0.708. The van der Waals surface area contributed by atoms with Gasteiger partial charge < -0.3 is 4.55 Å². The molecule has 1 heterocycles. The van der Waals surface area contributed by atoms with Gasteiger partial charge in [-0.3, -0.25) is 0 Å². The van der Waals surface area contributed by atoms with Gasteiger partial charge in [-0.15, -0.1) is 5.53 Å². The van der Waals surface area contributed by atoms with E-state index in [1.807, 2.05) is 12.2 Å². The van der Waals surface area contributed by atoms with Crippen molar-refractivity contribution in [3.63, 3.8) is 0 Å². The van der Waals surface area contributed by atoms with Gasteiger partial charge in [0.1, 0.15) is 11.2 Å². The number of nitrogens with one attached hydrogen (secondary N) is 1. The van der Waals surface area contributed by atoms with Crippen LogP contribution in [0.3, 0.4) is 0 Å². The Morgan fingerprint density at radius 3 is 2.40 bits per heavy atom. The molecule has 1 aliphatic rings. The predicted molar refractivity (Wildman–Crippen MR) is 40.7 cm³/mol. The number of allylic oxidation sites excluding steroid dienone is 2. The molecule has 0 spiro atoms. The Bertz CT molecular complexity index is 172. The Balaban J connectivity index is 0.000000236. The number of hydrogen-bond donors (Lipinski definition) is 1. The molecule has 0 radical (unpaired) electrons. The molecule has 54 valence electrons. The summed E-state index contributed by atoms with van der Waals surface area (Å²) in [6.07, 6.45) is 5.61. The molecule has 1 rings (SSSR count). The van der Waals surface area contributed by atoms with Crippen molar-refractivity contribution < 1.29 is 4.55 Å². The van der Waals surface area contributed by atoms with E-state index in [0.29, 0.717) is 5.75 Å². The van der Waals surface area contributed by atoms with Gasteiger partial charge in [-0.2, -0.15) is 0 Å². The van der Waals surface area contributed by atoms with Crippen molar-refractivity contribution in [2.45, 2.75) is 0 Å². The second-order valence-electron chi connectivity index (χ2n) is 1.40. The van der Waals surface area contributed by atoms with Crippen LogP contribution in [0.4, 0.5) is 0 Å². The first-order valence-electron chi connectivity index (χ1n) is 2.52. The number of nitrogens with zero attached hydrogens (tertiary/aromatic N) is 2. The molecule has 0 aromatic heterocycles. The van der Waals surface area contributed by atoms with Crippen molar-refractivity contribution in [3.05, 3.63) is 34.1 Å². The molecule has 1 atom stereocenters. The summed E-state index contributed by atoms with van der Waals surface area (Å²) in [5.74, 6) is 0.691. The van der Waals surface area contributed by atoms with Crippen molar-refractivity contribution in [1.29, 1.82) is 5.53 Å². The summed E-state index contributed by atoms with van der Waals surface area (Å²) in [5, 5.41) is 1.69. The topological polar surface area (TPSA) is 83.3 Å². The Hall–Kier alpha value is -0.900. The van der Waals surface area contributed by atoms with E-state index in [1.54, 1.807) is 16.4 Å². The van der Waals surface area contributed by atoms with E-state index in [0.717, 1.165) is 0 Å². The molecule has 5 heteroatoms. The zero-order valence-electron chi connectivity index (χ0n) is 5.23. The van der Waals surface area contributed by atoms with Crippen LogP contribution < -0.4 is 0 Å². The maximum atomic E-state index is 10.4. The average Bonchev–Trinajstić information content (AvgIpc) is 1.91. The molecule has 0 saturated heterocycles. The standard InChI is InChI=1S/C5H6OS.HN3/c6-7-4-2-1-3-5-7;1-3-2/h1-4H,5H2;1H. The summed E-state index contributed by atoms with van der Waals surface area (Å²) >= 11 is -0.708. The van der Waals surface area contributed by atoms with Gasteiger partial charge in [0.2, 0.25) is 0 Å². The van der Waals surface area contributed by atoms with Crippen LogP contribution in [0.2, 0.25) is 0 Å². The van der Waals surface area contributed by atoms with Crippen LogP contribution in [0.15, 0.2) is 23.6 Å². The second-order valence-corrected chi connectivity index (χ2v) is 2.77. The summed E-state index contributed by atoms with van der Waals surface area (Å²) in [4.78, 5) is 1.75. The van der Waals surface area contributed by atoms with E-state index >= 15 is 0 Å². The highest BCUT2D eigenvalue weighted by atomic mass is 32.2.